The standard InChI is InChI=1S/C19H6Br8O5S/c20-9-7(10(21)15(26)17(29)14(9)25)19(5-1-3-6(28)4-2-5)8-11(22)12(23)13(24)16(27)18(8)33(30,31)32-19/h1-4,28-29H. The van der Waals surface area contributed by atoms with Gasteiger partial charge in [0.05, 0.1) is 13.4 Å². The Morgan fingerprint density at radius 3 is 1.61 bits per heavy atom. The van der Waals surface area contributed by atoms with Gasteiger partial charge in [-0.2, -0.15) is 8.42 Å². The third kappa shape index (κ3) is 4.01. The molecule has 5 nitrogen and oxygen atoms in total. The summed E-state index contributed by atoms with van der Waals surface area (Å²) in [5, 5.41) is 20.4. The topological polar surface area (TPSA) is 83.8 Å². The molecule has 0 spiro atoms. The van der Waals surface area contributed by atoms with Crippen LogP contribution in [0.15, 0.2) is 64.9 Å². The molecule has 1 aliphatic heterocycles. The van der Waals surface area contributed by atoms with Crippen LogP contribution in [-0.4, -0.2) is 18.6 Å². The molecule has 0 bridgehead atoms. The van der Waals surface area contributed by atoms with Gasteiger partial charge >= 0.3 is 0 Å². The lowest BCUT2D eigenvalue weighted by Gasteiger charge is -2.33. The van der Waals surface area contributed by atoms with E-state index in [-0.39, 0.29) is 29.8 Å². The zero-order valence-corrected chi connectivity index (χ0v) is 28.9. The van der Waals surface area contributed by atoms with Crippen LogP contribution in [0.3, 0.4) is 0 Å². The molecule has 0 saturated carbocycles. The molecule has 0 aliphatic carbocycles. The van der Waals surface area contributed by atoms with Crippen molar-refractivity contribution in [1.82, 2.24) is 0 Å². The van der Waals surface area contributed by atoms with E-state index in [0.29, 0.717) is 39.1 Å². The van der Waals surface area contributed by atoms with Gasteiger partial charge in [0.1, 0.15) is 16.4 Å². The van der Waals surface area contributed by atoms with Gasteiger partial charge in [0.2, 0.25) is 0 Å². The molecule has 0 saturated heterocycles. The molecule has 3 aromatic carbocycles. The number of hydrogen-bond acceptors (Lipinski definition) is 5. The average molecular weight is 986 g/mol. The summed E-state index contributed by atoms with van der Waals surface area (Å²) >= 11 is 27.6. The van der Waals surface area contributed by atoms with Crippen LogP contribution in [0.1, 0.15) is 16.7 Å². The molecule has 4 rings (SSSR count). The summed E-state index contributed by atoms with van der Waals surface area (Å²) in [5.74, 6) is -0.102. The number of phenolic OH excluding ortho intramolecular Hbond substituents is 2. The number of fused-ring (bicyclic) bond motifs is 1. The van der Waals surface area contributed by atoms with Crippen molar-refractivity contribution in [3.63, 3.8) is 0 Å². The van der Waals surface area contributed by atoms with Gasteiger partial charge in [0.15, 0.2) is 5.60 Å². The van der Waals surface area contributed by atoms with Crippen molar-refractivity contribution in [1.29, 1.82) is 0 Å². The Balaban J connectivity index is 2.33. The molecule has 1 atom stereocenters. The molecule has 0 aromatic heterocycles. The maximum atomic E-state index is 13.5. The van der Waals surface area contributed by atoms with Crippen LogP contribution in [-0.2, 0) is 19.9 Å². The maximum Gasteiger partial charge on any atom is 0.300 e. The molecule has 33 heavy (non-hydrogen) atoms. The van der Waals surface area contributed by atoms with Crippen molar-refractivity contribution in [3.8, 4) is 11.5 Å². The van der Waals surface area contributed by atoms with Gasteiger partial charge in [0, 0.05) is 33.5 Å². The van der Waals surface area contributed by atoms with Crippen molar-refractivity contribution < 1.29 is 22.8 Å². The number of rotatable bonds is 2. The fraction of sp³-hybridized carbons (Fsp3) is 0.0526. The normalized spacial score (nSPS) is 19.0. The molecule has 1 aliphatic rings. The molecule has 0 radical (unpaired) electrons. The van der Waals surface area contributed by atoms with Gasteiger partial charge in [-0.3, -0.25) is 0 Å². The number of benzene rings is 3. The van der Waals surface area contributed by atoms with Crippen molar-refractivity contribution in [2.75, 3.05) is 0 Å². The second kappa shape index (κ2) is 9.39. The number of halogens is 8. The van der Waals surface area contributed by atoms with E-state index in [9.17, 15) is 18.6 Å². The number of aromatic hydroxyl groups is 2. The first-order valence-corrected chi connectivity index (χ1v) is 16.2. The van der Waals surface area contributed by atoms with E-state index in [2.05, 4.69) is 127 Å². The minimum absolute atomic E-state index is 0.00147. The summed E-state index contributed by atoms with van der Waals surface area (Å²) in [4.78, 5) is -0.0726. The van der Waals surface area contributed by atoms with E-state index in [0.717, 1.165) is 0 Å². The van der Waals surface area contributed by atoms with E-state index < -0.39 is 15.7 Å². The predicted molar refractivity (Wildman–Crippen MR) is 152 cm³/mol. The first-order chi connectivity index (χ1) is 15.3. The summed E-state index contributed by atoms with van der Waals surface area (Å²) < 4.78 is 36.1. The Kier molecular flexibility index (Phi) is 7.70. The second-order valence-electron chi connectivity index (χ2n) is 6.71. The SMILES string of the molecule is O=S1(=O)OC(c2ccc(O)cc2)(c2c(Br)c(Br)c(O)c(Br)c2Br)c2c(Br)c(Br)c(Br)c(Br)c21. The largest absolute Gasteiger partial charge is 0.508 e. The van der Waals surface area contributed by atoms with Crippen molar-refractivity contribution in [2.45, 2.75) is 10.5 Å². The molecular formula is C19H6Br8O5S. The van der Waals surface area contributed by atoms with E-state index in [1.165, 1.54) is 12.1 Å². The van der Waals surface area contributed by atoms with Crippen LogP contribution in [0.25, 0.3) is 0 Å². The van der Waals surface area contributed by atoms with Crippen molar-refractivity contribution in [3.05, 3.63) is 76.7 Å². The first-order valence-electron chi connectivity index (χ1n) is 8.44. The maximum absolute atomic E-state index is 13.5. The molecule has 0 amide bonds. The predicted octanol–water partition coefficient (Wildman–Crippen LogP) is 9.21. The smallest absolute Gasteiger partial charge is 0.300 e. The third-order valence-electron chi connectivity index (χ3n) is 4.93. The molecule has 1 unspecified atom stereocenters. The summed E-state index contributed by atoms with van der Waals surface area (Å²) in [6.07, 6.45) is 0. The Labute approximate surface area is 255 Å². The lowest BCUT2D eigenvalue weighted by Crippen LogP contribution is -2.31. The highest BCUT2D eigenvalue weighted by atomic mass is 79.9. The van der Waals surface area contributed by atoms with Crippen molar-refractivity contribution >= 4 is 138 Å². The lowest BCUT2D eigenvalue weighted by atomic mass is 9.80. The fourth-order valence-corrected chi connectivity index (χ4v) is 10.9. The average Bonchev–Trinajstić information content (AvgIpc) is 3.02. The van der Waals surface area contributed by atoms with Crippen LogP contribution in [0.5, 0.6) is 11.5 Å². The van der Waals surface area contributed by atoms with E-state index in [4.69, 9.17) is 4.18 Å². The lowest BCUT2D eigenvalue weighted by molar-refractivity contribution is 0.177. The summed E-state index contributed by atoms with van der Waals surface area (Å²) in [5.41, 5.74) is -0.673. The van der Waals surface area contributed by atoms with Gasteiger partial charge in [-0.25, -0.2) is 4.18 Å². The fourth-order valence-electron chi connectivity index (χ4n) is 3.54. The molecule has 3 aromatic rings. The Hall–Kier alpha value is 1.01. The summed E-state index contributed by atoms with van der Waals surface area (Å²) in [7, 11) is -4.31. The first kappa shape index (κ1) is 27.1. The van der Waals surface area contributed by atoms with E-state index in [1.807, 2.05) is 0 Å². The summed E-state index contributed by atoms with van der Waals surface area (Å²) in [6, 6.07) is 6.02. The highest BCUT2D eigenvalue weighted by Gasteiger charge is 2.56. The van der Waals surface area contributed by atoms with E-state index in [1.54, 1.807) is 12.1 Å². The molecule has 14 heteroatoms. The minimum Gasteiger partial charge on any atom is -0.508 e. The Morgan fingerprint density at radius 2 is 1.09 bits per heavy atom. The highest BCUT2D eigenvalue weighted by molar-refractivity contribution is 9.15. The van der Waals surface area contributed by atoms with Gasteiger partial charge in [0.25, 0.3) is 10.1 Å². The molecule has 174 valence electrons. The molecule has 2 N–H and O–H groups in total. The molecule has 1 heterocycles. The monoisotopic (exact) mass is 977 g/mol. The van der Waals surface area contributed by atoms with Gasteiger partial charge < -0.3 is 10.2 Å². The van der Waals surface area contributed by atoms with Gasteiger partial charge in [-0.15, -0.1) is 0 Å². The quantitative estimate of drug-likeness (QED) is 0.152. The van der Waals surface area contributed by atoms with Gasteiger partial charge in [-0.05, 0) is 145 Å². The Morgan fingerprint density at radius 1 is 0.636 bits per heavy atom. The third-order valence-corrected chi connectivity index (χ3v) is 15.5. The zero-order valence-electron chi connectivity index (χ0n) is 15.4. The van der Waals surface area contributed by atoms with Crippen LogP contribution in [0.2, 0.25) is 0 Å². The van der Waals surface area contributed by atoms with E-state index >= 15 is 0 Å². The second-order valence-corrected chi connectivity index (χ2v) is 14.5. The minimum atomic E-state index is -4.31. The van der Waals surface area contributed by atoms with Crippen LogP contribution in [0, 0.1) is 0 Å². The summed E-state index contributed by atoms with van der Waals surface area (Å²) in [6.45, 7) is 0. The molecule has 0 fully saturated rings. The zero-order chi connectivity index (χ0) is 24.6. The number of phenols is 2. The van der Waals surface area contributed by atoms with Crippen LogP contribution >= 0.6 is 127 Å². The number of hydrogen-bond donors (Lipinski definition) is 2. The van der Waals surface area contributed by atoms with Crippen molar-refractivity contribution in [2.24, 2.45) is 0 Å². The Bertz CT molecular complexity index is 1430. The van der Waals surface area contributed by atoms with Gasteiger partial charge in [-0.1, -0.05) is 12.1 Å². The molecular weight excluding hydrogens is 980 g/mol. The highest BCUT2D eigenvalue weighted by Crippen LogP contribution is 2.62. The van der Waals surface area contributed by atoms with Crippen LogP contribution in [0.4, 0.5) is 0 Å². The van der Waals surface area contributed by atoms with Crippen LogP contribution < -0.4 is 0 Å².